The quantitative estimate of drug-likeness (QED) is 0.0945. The number of aromatic amines is 1. The van der Waals surface area contributed by atoms with Gasteiger partial charge in [0.05, 0.1) is 5.41 Å². The van der Waals surface area contributed by atoms with Crippen molar-refractivity contribution in [3.63, 3.8) is 0 Å². The number of aromatic nitrogens is 2. The minimum absolute atomic E-state index is 0.125. The summed E-state index contributed by atoms with van der Waals surface area (Å²) in [6.45, 7) is 14.9. The Bertz CT molecular complexity index is 1640. The van der Waals surface area contributed by atoms with Crippen LogP contribution in [0.25, 0.3) is 22.2 Å². The van der Waals surface area contributed by atoms with E-state index < -0.39 is 5.41 Å². The van der Waals surface area contributed by atoms with Crippen LogP contribution in [0.1, 0.15) is 55.5 Å². The molecule has 4 aromatic rings. The first-order chi connectivity index (χ1) is 21.1. The number of carbonyl (C=O) groups is 1. The molecule has 1 amide bonds. The highest BCUT2D eigenvalue weighted by molar-refractivity contribution is 5.94. The van der Waals surface area contributed by atoms with Crippen molar-refractivity contribution in [3.05, 3.63) is 88.7 Å². The fourth-order valence-electron chi connectivity index (χ4n) is 5.82. The number of rotatable bonds is 11. The minimum atomic E-state index is -0.672. The smallest absolute Gasteiger partial charge is 0.232 e. The fourth-order valence-corrected chi connectivity index (χ4v) is 5.82. The number of nitrogens with zero attached hydrogens (tertiary/aromatic N) is 5. The van der Waals surface area contributed by atoms with Crippen LogP contribution in [0, 0.1) is 25.3 Å². The van der Waals surface area contributed by atoms with Crippen molar-refractivity contribution in [1.82, 2.24) is 25.1 Å². The lowest BCUT2D eigenvalue weighted by molar-refractivity contribution is -0.135. The maximum atomic E-state index is 13.5. The zero-order valence-corrected chi connectivity index (χ0v) is 27.2. The van der Waals surface area contributed by atoms with Gasteiger partial charge >= 0.3 is 0 Å². The van der Waals surface area contributed by atoms with Gasteiger partial charge in [-0.15, -0.1) is 0 Å². The second-order valence-corrected chi connectivity index (χ2v) is 11.9. The molecule has 0 aliphatic rings. The van der Waals surface area contributed by atoms with Crippen LogP contribution >= 0.6 is 0 Å². The van der Waals surface area contributed by atoms with Gasteiger partial charge in [-0.1, -0.05) is 23.3 Å². The predicted molar refractivity (Wildman–Crippen MR) is 179 cm³/mol. The number of hydrogen-bond donors (Lipinski definition) is 2. The van der Waals surface area contributed by atoms with Crippen LogP contribution in [0.4, 0.5) is 0 Å². The van der Waals surface area contributed by atoms with Gasteiger partial charge < -0.3 is 14.8 Å². The molecule has 0 saturated heterocycles. The first-order valence-electron chi connectivity index (χ1n) is 15.4. The van der Waals surface area contributed by atoms with E-state index in [2.05, 4.69) is 65.5 Å². The summed E-state index contributed by atoms with van der Waals surface area (Å²) < 4.78 is 0. The molecule has 8 heteroatoms. The number of nitriles is 1. The number of amides is 1. The van der Waals surface area contributed by atoms with Crippen molar-refractivity contribution >= 4 is 22.8 Å². The van der Waals surface area contributed by atoms with Gasteiger partial charge in [0.25, 0.3) is 0 Å². The van der Waals surface area contributed by atoms with Gasteiger partial charge in [0.15, 0.2) is 6.19 Å². The Morgan fingerprint density at radius 3 is 2.34 bits per heavy atom. The number of carbonyl (C=O) groups excluding carboxylic acids is 1. The molecule has 0 atom stereocenters. The van der Waals surface area contributed by atoms with Crippen LogP contribution in [0.15, 0.2) is 65.9 Å². The Hall–Kier alpha value is -4.64. The van der Waals surface area contributed by atoms with Gasteiger partial charge in [-0.2, -0.15) is 5.26 Å². The molecule has 2 aromatic heterocycles. The monoisotopic (exact) mass is 591 g/mol. The topological polar surface area (TPSA) is 100 Å². The van der Waals surface area contributed by atoms with Gasteiger partial charge in [0.2, 0.25) is 11.9 Å². The highest BCUT2D eigenvalue weighted by Gasteiger charge is 2.33. The van der Waals surface area contributed by atoms with E-state index in [1.54, 1.807) is 12.4 Å². The van der Waals surface area contributed by atoms with E-state index in [1.807, 2.05) is 62.9 Å². The zero-order valence-electron chi connectivity index (χ0n) is 27.2. The van der Waals surface area contributed by atoms with Crippen LogP contribution in [0.5, 0.6) is 0 Å². The molecular formula is C36H45N7O. The van der Waals surface area contributed by atoms with Gasteiger partial charge in [0.1, 0.15) is 0 Å². The molecular weight excluding hydrogens is 546 g/mol. The standard InChI is InChI=1S/C36H45N7O/c1-8-43(9-2)34(44)36(5,6)29-10-11-32-31(23-29)30(33(41-32)28-21-25(3)20-26(4)22-28)14-18-39-35(40-24-37)42(7)19-15-27-12-16-38-17-13-27/h10-13,16-17,20-23,41H,8-9,14-15,18-19H2,1-7H3,(H,39,40). The van der Waals surface area contributed by atoms with E-state index in [0.717, 1.165) is 39.7 Å². The van der Waals surface area contributed by atoms with Crippen LogP contribution < -0.4 is 5.32 Å². The highest BCUT2D eigenvalue weighted by Crippen LogP contribution is 2.35. The van der Waals surface area contributed by atoms with Gasteiger partial charge in [0, 0.05) is 62.2 Å². The van der Waals surface area contributed by atoms with Gasteiger partial charge in [-0.3, -0.25) is 20.1 Å². The van der Waals surface area contributed by atoms with Crippen molar-refractivity contribution in [3.8, 4) is 17.5 Å². The summed E-state index contributed by atoms with van der Waals surface area (Å²) in [4.78, 5) is 30.0. The molecule has 0 fully saturated rings. The molecule has 0 bridgehead atoms. The van der Waals surface area contributed by atoms with Crippen molar-refractivity contribution in [2.45, 2.75) is 59.8 Å². The van der Waals surface area contributed by atoms with E-state index in [4.69, 9.17) is 4.99 Å². The van der Waals surface area contributed by atoms with E-state index in [-0.39, 0.29) is 5.91 Å². The zero-order chi connectivity index (χ0) is 31.9. The molecule has 230 valence electrons. The summed E-state index contributed by atoms with van der Waals surface area (Å²) in [5, 5.41) is 13.3. The number of fused-ring (bicyclic) bond motifs is 1. The lowest BCUT2D eigenvalue weighted by Gasteiger charge is -2.31. The maximum Gasteiger partial charge on any atom is 0.232 e. The third-order valence-electron chi connectivity index (χ3n) is 8.36. The van der Waals surface area contributed by atoms with E-state index in [1.165, 1.54) is 16.7 Å². The molecule has 2 N–H and O–H groups in total. The Morgan fingerprint density at radius 2 is 1.70 bits per heavy atom. The number of guanidine groups is 1. The van der Waals surface area contributed by atoms with Gasteiger partial charge in [-0.25, -0.2) is 0 Å². The van der Waals surface area contributed by atoms with Crippen molar-refractivity contribution < 1.29 is 4.79 Å². The summed E-state index contributed by atoms with van der Waals surface area (Å²) >= 11 is 0. The Labute approximate surface area is 261 Å². The second-order valence-electron chi connectivity index (χ2n) is 11.9. The molecule has 0 aliphatic heterocycles. The first kappa shape index (κ1) is 32.3. The molecule has 44 heavy (non-hydrogen) atoms. The van der Waals surface area contributed by atoms with Crippen molar-refractivity contribution in [2.75, 3.05) is 33.2 Å². The number of likely N-dealkylation sites (N-methyl/N-ethyl adjacent to an activating group) is 2. The predicted octanol–water partition coefficient (Wildman–Crippen LogP) is 6.14. The normalized spacial score (nSPS) is 11.8. The number of benzene rings is 2. The maximum absolute atomic E-state index is 13.5. The minimum Gasteiger partial charge on any atom is -0.354 e. The van der Waals surface area contributed by atoms with Crippen molar-refractivity contribution in [2.24, 2.45) is 4.99 Å². The summed E-state index contributed by atoms with van der Waals surface area (Å²) in [7, 11) is 1.94. The summed E-state index contributed by atoms with van der Waals surface area (Å²) in [6.07, 6.45) is 7.10. The lowest BCUT2D eigenvalue weighted by atomic mass is 9.82. The third kappa shape index (κ3) is 7.28. The molecule has 0 radical (unpaired) electrons. The van der Waals surface area contributed by atoms with E-state index >= 15 is 0 Å². The van der Waals surface area contributed by atoms with E-state index in [9.17, 15) is 10.1 Å². The average molecular weight is 592 g/mol. The second kappa shape index (κ2) is 14.2. The van der Waals surface area contributed by atoms with Crippen LogP contribution in [-0.2, 0) is 23.1 Å². The number of aryl methyl sites for hydroxylation is 2. The highest BCUT2D eigenvalue weighted by atomic mass is 16.2. The molecule has 2 heterocycles. The summed E-state index contributed by atoms with van der Waals surface area (Å²) in [6, 6.07) is 16.9. The lowest BCUT2D eigenvalue weighted by Crippen LogP contribution is -2.43. The summed E-state index contributed by atoms with van der Waals surface area (Å²) in [5.41, 5.74) is 8.26. The molecule has 0 unspecified atom stereocenters. The number of H-pyrrole nitrogens is 1. The van der Waals surface area contributed by atoms with Crippen molar-refractivity contribution in [1.29, 1.82) is 5.26 Å². The molecule has 4 rings (SSSR count). The molecule has 2 aromatic carbocycles. The van der Waals surface area contributed by atoms with E-state index in [0.29, 0.717) is 38.6 Å². The first-order valence-corrected chi connectivity index (χ1v) is 15.4. The largest absolute Gasteiger partial charge is 0.354 e. The molecule has 0 saturated carbocycles. The molecule has 0 aliphatic carbocycles. The van der Waals surface area contributed by atoms with Crippen LogP contribution in [-0.4, -0.2) is 64.9 Å². The Balaban J connectivity index is 1.71. The van der Waals surface area contributed by atoms with Gasteiger partial charge in [-0.05, 0) is 113 Å². The van der Waals surface area contributed by atoms with Crippen LogP contribution in [0.2, 0.25) is 0 Å². The SMILES string of the molecule is CCN(CC)C(=O)C(C)(C)c1ccc2[nH]c(-c3cc(C)cc(C)c3)c(CCN=C(NC#N)N(C)CCc3ccncc3)c2c1. The van der Waals surface area contributed by atoms with Crippen LogP contribution in [0.3, 0.4) is 0 Å². The average Bonchev–Trinajstić information content (AvgIpc) is 3.38. The number of aliphatic imine (C=N–C) groups is 1. The number of pyridine rings is 1. The summed E-state index contributed by atoms with van der Waals surface area (Å²) in [5.74, 6) is 0.668. The third-order valence-corrected chi connectivity index (χ3v) is 8.36. The fraction of sp³-hybridized carbons (Fsp3) is 0.389. The Kier molecular flexibility index (Phi) is 10.4. The Morgan fingerprint density at radius 1 is 1.02 bits per heavy atom. The molecule has 8 nitrogen and oxygen atoms in total. The number of hydrogen-bond acceptors (Lipinski definition) is 4. The molecule has 0 spiro atoms. The number of nitrogens with one attached hydrogen (secondary N) is 2.